The van der Waals surface area contributed by atoms with Crippen molar-refractivity contribution in [2.24, 2.45) is 0 Å². The Kier molecular flexibility index (Phi) is 4.77. The Morgan fingerprint density at radius 2 is 2.00 bits per heavy atom. The van der Waals surface area contributed by atoms with Crippen LogP contribution in [0.15, 0.2) is 24.3 Å². The predicted molar refractivity (Wildman–Crippen MR) is 65.8 cm³/mol. The van der Waals surface area contributed by atoms with E-state index < -0.39 is 0 Å². The quantitative estimate of drug-likeness (QED) is 0.802. The van der Waals surface area contributed by atoms with E-state index in [1.54, 1.807) is 14.2 Å². The maximum atomic E-state index is 5.33. The van der Waals surface area contributed by atoms with Crippen molar-refractivity contribution in [3.8, 4) is 5.75 Å². The Morgan fingerprint density at radius 3 is 2.62 bits per heavy atom. The number of nitrogens with one attached hydrogen (secondary N) is 1. The highest BCUT2D eigenvalue weighted by Crippen LogP contribution is 2.12. The molecule has 0 unspecified atom stereocenters. The molecule has 0 spiro atoms. The zero-order chi connectivity index (χ0) is 12.0. The molecular formula is C13H21NO2. The molecule has 0 bridgehead atoms. The molecule has 0 saturated heterocycles. The molecule has 3 heteroatoms. The topological polar surface area (TPSA) is 30.5 Å². The van der Waals surface area contributed by atoms with Crippen molar-refractivity contribution >= 4 is 0 Å². The van der Waals surface area contributed by atoms with E-state index in [-0.39, 0.29) is 5.60 Å². The van der Waals surface area contributed by atoms with E-state index in [9.17, 15) is 0 Å². The molecule has 1 aromatic carbocycles. The summed E-state index contributed by atoms with van der Waals surface area (Å²) in [6, 6.07) is 8.06. The highest BCUT2D eigenvalue weighted by atomic mass is 16.5. The maximum Gasteiger partial charge on any atom is 0.119 e. The first-order valence-corrected chi connectivity index (χ1v) is 5.46. The number of methoxy groups -OCH3 is 2. The van der Waals surface area contributed by atoms with Crippen molar-refractivity contribution in [1.29, 1.82) is 0 Å². The van der Waals surface area contributed by atoms with Crippen LogP contribution < -0.4 is 10.1 Å². The Hall–Kier alpha value is -1.06. The van der Waals surface area contributed by atoms with Gasteiger partial charge in [0.25, 0.3) is 0 Å². The van der Waals surface area contributed by atoms with Gasteiger partial charge in [0.1, 0.15) is 5.75 Å². The SMILES string of the molecule is COc1cccc(CNCC(C)(C)OC)c1. The van der Waals surface area contributed by atoms with Crippen LogP contribution in [0.25, 0.3) is 0 Å². The highest BCUT2D eigenvalue weighted by Gasteiger charge is 2.14. The number of hydrogen-bond donors (Lipinski definition) is 1. The monoisotopic (exact) mass is 223 g/mol. The van der Waals surface area contributed by atoms with Crippen molar-refractivity contribution in [2.75, 3.05) is 20.8 Å². The highest BCUT2D eigenvalue weighted by molar-refractivity contribution is 5.28. The largest absolute Gasteiger partial charge is 0.497 e. The van der Waals surface area contributed by atoms with Crippen LogP contribution in [-0.4, -0.2) is 26.4 Å². The molecule has 1 rings (SSSR count). The zero-order valence-electron chi connectivity index (χ0n) is 10.5. The lowest BCUT2D eigenvalue weighted by atomic mass is 10.1. The molecule has 90 valence electrons. The van der Waals surface area contributed by atoms with E-state index >= 15 is 0 Å². The molecular weight excluding hydrogens is 202 g/mol. The molecule has 0 fully saturated rings. The zero-order valence-corrected chi connectivity index (χ0v) is 10.5. The summed E-state index contributed by atoms with van der Waals surface area (Å²) in [5, 5.41) is 3.36. The molecule has 0 aliphatic heterocycles. The van der Waals surface area contributed by atoms with Gasteiger partial charge in [0.2, 0.25) is 0 Å². The molecule has 0 aromatic heterocycles. The molecule has 0 radical (unpaired) electrons. The van der Waals surface area contributed by atoms with Gasteiger partial charge in [-0.25, -0.2) is 0 Å². The summed E-state index contributed by atoms with van der Waals surface area (Å²) in [7, 11) is 3.41. The Bertz CT molecular complexity index is 323. The van der Waals surface area contributed by atoms with Gasteiger partial charge < -0.3 is 14.8 Å². The minimum Gasteiger partial charge on any atom is -0.497 e. The van der Waals surface area contributed by atoms with Crippen molar-refractivity contribution in [1.82, 2.24) is 5.32 Å². The maximum absolute atomic E-state index is 5.33. The van der Waals surface area contributed by atoms with Gasteiger partial charge in [-0.15, -0.1) is 0 Å². The van der Waals surface area contributed by atoms with Gasteiger partial charge in [-0.3, -0.25) is 0 Å². The van der Waals surface area contributed by atoms with Gasteiger partial charge in [-0.2, -0.15) is 0 Å². The van der Waals surface area contributed by atoms with Crippen LogP contribution in [-0.2, 0) is 11.3 Å². The fourth-order valence-electron chi connectivity index (χ4n) is 1.36. The predicted octanol–water partition coefficient (Wildman–Crippen LogP) is 2.21. The van der Waals surface area contributed by atoms with Gasteiger partial charge in [0, 0.05) is 20.2 Å². The number of rotatable bonds is 6. The van der Waals surface area contributed by atoms with Crippen LogP contribution >= 0.6 is 0 Å². The van der Waals surface area contributed by atoms with Gasteiger partial charge in [0.15, 0.2) is 0 Å². The van der Waals surface area contributed by atoms with Crippen molar-refractivity contribution in [3.05, 3.63) is 29.8 Å². The summed E-state index contributed by atoms with van der Waals surface area (Å²) in [5.41, 5.74) is 1.09. The minimum atomic E-state index is -0.126. The summed E-state index contributed by atoms with van der Waals surface area (Å²) in [6.45, 7) is 5.77. The van der Waals surface area contributed by atoms with Crippen LogP contribution in [0.5, 0.6) is 5.75 Å². The summed E-state index contributed by atoms with van der Waals surface area (Å²) >= 11 is 0. The third kappa shape index (κ3) is 4.21. The summed E-state index contributed by atoms with van der Waals surface area (Å²) in [4.78, 5) is 0. The molecule has 0 atom stereocenters. The molecule has 3 nitrogen and oxygen atoms in total. The van der Waals surface area contributed by atoms with Crippen LogP contribution in [0.2, 0.25) is 0 Å². The number of benzene rings is 1. The minimum absolute atomic E-state index is 0.126. The van der Waals surface area contributed by atoms with Gasteiger partial charge >= 0.3 is 0 Å². The van der Waals surface area contributed by atoms with E-state index in [0.29, 0.717) is 0 Å². The van der Waals surface area contributed by atoms with Crippen LogP contribution in [0.4, 0.5) is 0 Å². The van der Waals surface area contributed by atoms with Gasteiger partial charge in [-0.1, -0.05) is 12.1 Å². The first-order chi connectivity index (χ1) is 7.57. The molecule has 1 aromatic rings. The first kappa shape index (κ1) is 13.0. The molecule has 1 N–H and O–H groups in total. The van der Waals surface area contributed by atoms with Gasteiger partial charge in [0.05, 0.1) is 12.7 Å². The Morgan fingerprint density at radius 1 is 1.25 bits per heavy atom. The number of hydrogen-bond acceptors (Lipinski definition) is 3. The third-order valence-corrected chi connectivity index (χ3v) is 2.57. The molecule has 16 heavy (non-hydrogen) atoms. The van der Waals surface area contributed by atoms with Crippen molar-refractivity contribution in [3.63, 3.8) is 0 Å². The van der Waals surface area contributed by atoms with Gasteiger partial charge in [-0.05, 0) is 31.5 Å². The summed E-state index contributed by atoms with van der Waals surface area (Å²) < 4.78 is 10.5. The van der Waals surface area contributed by atoms with E-state index in [1.807, 2.05) is 18.2 Å². The normalized spacial score (nSPS) is 11.5. The molecule has 0 amide bonds. The second-order valence-corrected chi connectivity index (χ2v) is 4.42. The van der Waals surface area contributed by atoms with Crippen molar-refractivity contribution in [2.45, 2.75) is 26.0 Å². The molecule has 0 aliphatic carbocycles. The summed E-state index contributed by atoms with van der Waals surface area (Å²) in [5.74, 6) is 0.894. The smallest absolute Gasteiger partial charge is 0.119 e. The van der Waals surface area contributed by atoms with E-state index in [1.165, 1.54) is 5.56 Å². The first-order valence-electron chi connectivity index (χ1n) is 5.46. The second kappa shape index (κ2) is 5.87. The Balaban J connectivity index is 2.42. The Labute approximate surface area is 97.8 Å². The van der Waals surface area contributed by atoms with Crippen LogP contribution in [0.1, 0.15) is 19.4 Å². The van der Waals surface area contributed by atoms with E-state index in [4.69, 9.17) is 9.47 Å². The average Bonchev–Trinajstić information content (AvgIpc) is 2.29. The third-order valence-electron chi connectivity index (χ3n) is 2.57. The molecule has 0 aliphatic rings. The lowest BCUT2D eigenvalue weighted by Crippen LogP contribution is -2.36. The molecule has 0 heterocycles. The van der Waals surface area contributed by atoms with Crippen LogP contribution in [0.3, 0.4) is 0 Å². The molecule has 0 saturated carbocycles. The summed E-state index contributed by atoms with van der Waals surface area (Å²) in [6.07, 6.45) is 0. The van der Waals surface area contributed by atoms with Crippen LogP contribution in [0, 0.1) is 0 Å². The fraction of sp³-hybridized carbons (Fsp3) is 0.538. The second-order valence-electron chi connectivity index (χ2n) is 4.42. The average molecular weight is 223 g/mol. The lowest BCUT2D eigenvalue weighted by Gasteiger charge is -2.23. The van der Waals surface area contributed by atoms with Crippen molar-refractivity contribution < 1.29 is 9.47 Å². The van der Waals surface area contributed by atoms with E-state index in [2.05, 4.69) is 25.2 Å². The number of ether oxygens (including phenoxy) is 2. The van der Waals surface area contributed by atoms with E-state index in [0.717, 1.165) is 18.8 Å². The lowest BCUT2D eigenvalue weighted by molar-refractivity contribution is 0.0230. The standard InChI is InChI=1S/C13H21NO2/c1-13(2,16-4)10-14-9-11-6-5-7-12(8-11)15-3/h5-8,14H,9-10H2,1-4H3. The fourth-order valence-corrected chi connectivity index (χ4v) is 1.36.